The van der Waals surface area contributed by atoms with Crippen molar-refractivity contribution in [1.29, 1.82) is 0 Å². The normalized spacial score (nSPS) is 10.8. The van der Waals surface area contributed by atoms with Gasteiger partial charge in [-0.05, 0) is 17.7 Å². The van der Waals surface area contributed by atoms with Gasteiger partial charge in [0.2, 0.25) is 5.91 Å². The number of carbonyl (C=O) groups is 1. The highest BCUT2D eigenvalue weighted by Crippen LogP contribution is 2.20. The van der Waals surface area contributed by atoms with Crippen molar-refractivity contribution in [2.24, 2.45) is 7.05 Å². The molecule has 1 amide bonds. The lowest BCUT2D eigenvalue weighted by atomic mass is 10.1. The van der Waals surface area contributed by atoms with E-state index in [0.717, 1.165) is 10.7 Å². The molecule has 2 rings (SSSR count). The van der Waals surface area contributed by atoms with E-state index in [2.05, 4.69) is 10.4 Å². The van der Waals surface area contributed by atoms with E-state index in [1.54, 1.807) is 6.07 Å². The molecule has 1 aromatic heterocycles. The quantitative estimate of drug-likeness (QED) is 0.937. The summed E-state index contributed by atoms with van der Waals surface area (Å²) in [5.74, 6) is -0.697. The van der Waals surface area contributed by atoms with Crippen LogP contribution in [0.5, 0.6) is 0 Å². The lowest BCUT2D eigenvalue weighted by Crippen LogP contribution is -2.16. The molecule has 106 valence electrons. The van der Waals surface area contributed by atoms with Crippen LogP contribution in [0.4, 0.5) is 19.0 Å². The van der Waals surface area contributed by atoms with Gasteiger partial charge in [-0.2, -0.15) is 5.10 Å². The second-order valence-electron chi connectivity index (χ2n) is 4.23. The maximum absolute atomic E-state index is 13.0. The van der Waals surface area contributed by atoms with Crippen LogP contribution in [-0.2, 0) is 18.3 Å². The van der Waals surface area contributed by atoms with Gasteiger partial charge in [-0.1, -0.05) is 12.1 Å². The molecule has 0 fully saturated rings. The predicted molar refractivity (Wildman–Crippen MR) is 66.9 cm³/mol. The third kappa shape index (κ3) is 3.37. The number of nitrogens with one attached hydrogen (secondary N) is 1. The number of aromatic nitrogens is 2. The number of benzene rings is 1. The Bertz CT molecular complexity index is 625. The van der Waals surface area contributed by atoms with E-state index in [4.69, 9.17) is 0 Å². The van der Waals surface area contributed by atoms with E-state index in [1.165, 1.54) is 25.2 Å². The Balaban J connectivity index is 2.05. The van der Waals surface area contributed by atoms with Crippen molar-refractivity contribution in [3.8, 4) is 0 Å². The predicted octanol–water partition coefficient (Wildman–Crippen LogP) is 2.68. The highest BCUT2D eigenvalue weighted by atomic mass is 19.3. The van der Waals surface area contributed by atoms with Gasteiger partial charge in [0.25, 0.3) is 6.43 Å². The van der Waals surface area contributed by atoms with Gasteiger partial charge in [-0.3, -0.25) is 9.48 Å². The van der Waals surface area contributed by atoms with Crippen molar-refractivity contribution in [2.45, 2.75) is 12.8 Å². The second-order valence-corrected chi connectivity index (χ2v) is 4.23. The Morgan fingerprint density at radius 1 is 1.40 bits per heavy atom. The zero-order chi connectivity index (χ0) is 14.7. The first-order chi connectivity index (χ1) is 9.45. The van der Waals surface area contributed by atoms with E-state index in [1.807, 2.05) is 0 Å². The van der Waals surface area contributed by atoms with Gasteiger partial charge in [0.1, 0.15) is 17.3 Å². The summed E-state index contributed by atoms with van der Waals surface area (Å²) >= 11 is 0. The molecule has 4 nitrogen and oxygen atoms in total. The number of hydrogen-bond acceptors (Lipinski definition) is 2. The highest BCUT2D eigenvalue weighted by Gasteiger charge is 2.15. The fraction of sp³-hybridized carbons (Fsp3) is 0.231. The first kappa shape index (κ1) is 14.1. The van der Waals surface area contributed by atoms with E-state index in [0.29, 0.717) is 5.56 Å². The molecule has 0 saturated heterocycles. The van der Waals surface area contributed by atoms with Gasteiger partial charge >= 0.3 is 0 Å². The van der Waals surface area contributed by atoms with Gasteiger partial charge in [0.05, 0.1) is 6.42 Å². The minimum atomic E-state index is -2.70. The Labute approximate surface area is 113 Å². The lowest BCUT2D eigenvalue weighted by molar-refractivity contribution is -0.115. The smallest absolute Gasteiger partial charge is 0.282 e. The summed E-state index contributed by atoms with van der Waals surface area (Å²) in [4.78, 5) is 11.8. The number of nitrogens with zero attached hydrogens (tertiary/aromatic N) is 2. The second kappa shape index (κ2) is 5.77. The Morgan fingerprint density at radius 3 is 2.75 bits per heavy atom. The molecule has 20 heavy (non-hydrogen) atoms. The number of rotatable bonds is 4. The monoisotopic (exact) mass is 283 g/mol. The van der Waals surface area contributed by atoms with Crippen LogP contribution in [0.1, 0.15) is 17.7 Å². The third-order valence-corrected chi connectivity index (χ3v) is 2.64. The van der Waals surface area contributed by atoms with Gasteiger partial charge in [0, 0.05) is 13.1 Å². The van der Waals surface area contributed by atoms with Crippen LogP contribution in [0.2, 0.25) is 0 Å². The summed E-state index contributed by atoms with van der Waals surface area (Å²) in [6.45, 7) is 0. The van der Waals surface area contributed by atoms with Crippen molar-refractivity contribution in [1.82, 2.24) is 9.78 Å². The zero-order valence-electron chi connectivity index (χ0n) is 10.6. The lowest BCUT2D eigenvalue weighted by Gasteiger charge is -2.05. The standard InChI is InChI=1S/C13H12F3N3O/c1-19-11(7-10(18-19)13(15)16)17-12(20)6-8-3-2-4-9(14)5-8/h2-5,7,13H,6H2,1H3,(H,17,20). The van der Waals surface area contributed by atoms with Crippen molar-refractivity contribution in [3.05, 3.63) is 47.4 Å². The molecule has 0 saturated carbocycles. The van der Waals surface area contributed by atoms with Crippen LogP contribution in [0.3, 0.4) is 0 Å². The topological polar surface area (TPSA) is 46.9 Å². The van der Waals surface area contributed by atoms with Crippen molar-refractivity contribution in [3.63, 3.8) is 0 Å². The highest BCUT2D eigenvalue weighted by molar-refractivity contribution is 5.91. The van der Waals surface area contributed by atoms with Crippen molar-refractivity contribution in [2.75, 3.05) is 5.32 Å². The molecule has 0 aliphatic heterocycles. The first-order valence-corrected chi connectivity index (χ1v) is 5.82. The number of carbonyl (C=O) groups excluding carboxylic acids is 1. The minimum Gasteiger partial charge on any atom is -0.311 e. The van der Waals surface area contributed by atoms with Crippen LogP contribution in [-0.4, -0.2) is 15.7 Å². The average Bonchev–Trinajstić information content (AvgIpc) is 2.71. The summed E-state index contributed by atoms with van der Waals surface area (Å²) in [5, 5.41) is 6.04. The molecule has 0 bridgehead atoms. The molecule has 0 unspecified atom stereocenters. The molecule has 0 radical (unpaired) electrons. The zero-order valence-corrected chi connectivity index (χ0v) is 10.6. The Morgan fingerprint density at radius 2 is 2.15 bits per heavy atom. The summed E-state index contributed by atoms with van der Waals surface area (Å²) in [5.41, 5.74) is 0.0901. The van der Waals surface area contributed by atoms with E-state index >= 15 is 0 Å². The van der Waals surface area contributed by atoms with Crippen LogP contribution in [0.15, 0.2) is 30.3 Å². The molecule has 1 aromatic carbocycles. The summed E-state index contributed by atoms with van der Waals surface area (Å²) in [6.07, 6.45) is -2.75. The fourth-order valence-electron chi connectivity index (χ4n) is 1.73. The first-order valence-electron chi connectivity index (χ1n) is 5.82. The summed E-state index contributed by atoms with van der Waals surface area (Å²) in [7, 11) is 1.45. The number of anilines is 1. The van der Waals surface area contributed by atoms with Crippen molar-refractivity contribution < 1.29 is 18.0 Å². The Kier molecular flexibility index (Phi) is 4.07. The van der Waals surface area contributed by atoms with Crippen molar-refractivity contribution >= 4 is 11.7 Å². The number of halogens is 3. The van der Waals surface area contributed by atoms with Gasteiger partial charge in [-0.25, -0.2) is 13.2 Å². The molecule has 0 aliphatic carbocycles. The van der Waals surface area contributed by atoms with Crippen LogP contribution < -0.4 is 5.32 Å². The molecule has 0 atom stereocenters. The van der Waals surface area contributed by atoms with Gasteiger partial charge in [0.15, 0.2) is 0 Å². The van der Waals surface area contributed by atoms with E-state index in [9.17, 15) is 18.0 Å². The number of aryl methyl sites for hydroxylation is 1. The average molecular weight is 283 g/mol. The maximum Gasteiger partial charge on any atom is 0.282 e. The van der Waals surface area contributed by atoms with E-state index in [-0.39, 0.29) is 12.2 Å². The molecule has 1 N–H and O–H groups in total. The molecular weight excluding hydrogens is 271 g/mol. The fourth-order valence-corrected chi connectivity index (χ4v) is 1.73. The van der Waals surface area contributed by atoms with Crippen LogP contribution in [0, 0.1) is 5.82 Å². The van der Waals surface area contributed by atoms with Crippen LogP contribution >= 0.6 is 0 Å². The molecule has 1 heterocycles. The summed E-state index contributed by atoms with van der Waals surface area (Å²) < 4.78 is 39.0. The Hall–Kier alpha value is -2.31. The summed E-state index contributed by atoms with van der Waals surface area (Å²) in [6, 6.07) is 6.73. The molecule has 0 spiro atoms. The molecule has 2 aromatic rings. The van der Waals surface area contributed by atoms with Gasteiger partial charge in [-0.15, -0.1) is 0 Å². The molecular formula is C13H12F3N3O. The SMILES string of the molecule is Cn1nc(C(F)F)cc1NC(=O)Cc1cccc(F)c1. The van der Waals surface area contributed by atoms with Crippen LogP contribution in [0.25, 0.3) is 0 Å². The number of alkyl halides is 2. The largest absolute Gasteiger partial charge is 0.311 e. The molecule has 0 aliphatic rings. The maximum atomic E-state index is 13.0. The number of hydrogen-bond donors (Lipinski definition) is 1. The minimum absolute atomic E-state index is 0.0487. The van der Waals surface area contributed by atoms with Gasteiger partial charge < -0.3 is 5.32 Å². The third-order valence-electron chi connectivity index (χ3n) is 2.64. The molecule has 7 heteroatoms. The number of amides is 1. The van der Waals surface area contributed by atoms with E-state index < -0.39 is 23.8 Å².